The molecule has 0 aromatic heterocycles. The van der Waals surface area contributed by atoms with Crippen molar-refractivity contribution in [2.45, 2.75) is 71.5 Å². The Bertz CT molecular complexity index is 267. The minimum absolute atomic E-state index is 0.183. The first-order chi connectivity index (χ1) is 7.72. The molecule has 0 fully saturated rings. The molecule has 1 N–H and O–H groups in total. The number of nitrogens with one attached hydrogen (secondary N) is 1. The lowest BCUT2D eigenvalue weighted by molar-refractivity contribution is 0.0901. The molecule has 2 atom stereocenters. The van der Waals surface area contributed by atoms with Gasteiger partial charge in [-0.2, -0.15) is 5.26 Å². The Morgan fingerprint density at radius 2 is 1.82 bits per heavy atom. The molecule has 0 aliphatic heterocycles. The number of nitrogens with zero attached hydrogens (tertiary/aromatic N) is 2. The second kappa shape index (κ2) is 6.37. The van der Waals surface area contributed by atoms with E-state index in [1.54, 1.807) is 0 Å². The van der Waals surface area contributed by atoms with Crippen molar-refractivity contribution >= 4 is 0 Å². The van der Waals surface area contributed by atoms with Gasteiger partial charge in [-0.15, -0.1) is 0 Å². The van der Waals surface area contributed by atoms with E-state index in [-0.39, 0.29) is 5.54 Å². The maximum absolute atomic E-state index is 9.28. The zero-order chi connectivity index (χ0) is 13.7. The molecule has 0 radical (unpaired) electrons. The summed E-state index contributed by atoms with van der Waals surface area (Å²) in [5.41, 5.74) is -0.242. The van der Waals surface area contributed by atoms with Crippen molar-refractivity contribution in [1.29, 1.82) is 5.26 Å². The van der Waals surface area contributed by atoms with Crippen LogP contribution in [0.5, 0.6) is 0 Å². The van der Waals surface area contributed by atoms with Crippen molar-refractivity contribution < 1.29 is 0 Å². The zero-order valence-corrected chi connectivity index (χ0v) is 12.6. The van der Waals surface area contributed by atoms with Crippen molar-refractivity contribution in [2.24, 2.45) is 0 Å². The second-order valence-corrected chi connectivity index (χ2v) is 5.80. The average Bonchev–Trinajstić information content (AvgIpc) is 2.28. The Morgan fingerprint density at radius 1 is 1.29 bits per heavy atom. The normalized spacial score (nSPS) is 17.6. The van der Waals surface area contributed by atoms with Crippen molar-refractivity contribution in [1.82, 2.24) is 10.2 Å². The van der Waals surface area contributed by atoms with Gasteiger partial charge < -0.3 is 0 Å². The highest BCUT2D eigenvalue weighted by atomic mass is 15.2. The lowest BCUT2D eigenvalue weighted by atomic mass is 9.91. The van der Waals surface area contributed by atoms with Gasteiger partial charge in [0.25, 0.3) is 0 Å². The molecular formula is C14H29N3. The van der Waals surface area contributed by atoms with E-state index in [4.69, 9.17) is 0 Å². The highest BCUT2D eigenvalue weighted by Crippen LogP contribution is 2.23. The van der Waals surface area contributed by atoms with Crippen LogP contribution in [0, 0.1) is 11.3 Å². The van der Waals surface area contributed by atoms with E-state index in [9.17, 15) is 5.26 Å². The van der Waals surface area contributed by atoms with Gasteiger partial charge in [0, 0.05) is 11.6 Å². The summed E-state index contributed by atoms with van der Waals surface area (Å²) in [6, 6.07) is 2.78. The molecule has 0 saturated carbocycles. The summed E-state index contributed by atoms with van der Waals surface area (Å²) in [6.45, 7) is 13.8. The van der Waals surface area contributed by atoms with E-state index in [0.29, 0.717) is 6.04 Å². The molecule has 0 rings (SSSR count). The van der Waals surface area contributed by atoms with Crippen LogP contribution in [0.2, 0.25) is 0 Å². The van der Waals surface area contributed by atoms with E-state index in [1.165, 1.54) is 0 Å². The highest BCUT2D eigenvalue weighted by Gasteiger charge is 2.31. The van der Waals surface area contributed by atoms with Crippen LogP contribution in [0.3, 0.4) is 0 Å². The Morgan fingerprint density at radius 3 is 2.18 bits per heavy atom. The van der Waals surface area contributed by atoms with Crippen LogP contribution in [-0.2, 0) is 0 Å². The van der Waals surface area contributed by atoms with E-state index in [0.717, 1.165) is 19.4 Å². The van der Waals surface area contributed by atoms with Crippen molar-refractivity contribution in [2.75, 3.05) is 13.6 Å². The Kier molecular flexibility index (Phi) is 6.15. The summed E-state index contributed by atoms with van der Waals surface area (Å²) in [6.07, 6.45) is 1.95. The maximum atomic E-state index is 9.28. The molecule has 0 aromatic carbocycles. The zero-order valence-electron chi connectivity index (χ0n) is 12.6. The predicted octanol–water partition coefficient (Wildman–Crippen LogP) is 2.78. The fourth-order valence-corrected chi connectivity index (χ4v) is 2.12. The molecule has 0 amide bonds. The van der Waals surface area contributed by atoms with E-state index >= 15 is 0 Å². The summed E-state index contributed by atoms with van der Waals surface area (Å²) in [7, 11) is 2.15. The van der Waals surface area contributed by atoms with Gasteiger partial charge in [0.1, 0.15) is 5.54 Å². The van der Waals surface area contributed by atoms with Gasteiger partial charge in [0.05, 0.1) is 6.07 Å². The fourth-order valence-electron chi connectivity index (χ4n) is 2.12. The van der Waals surface area contributed by atoms with Gasteiger partial charge in [-0.1, -0.05) is 13.8 Å². The quantitative estimate of drug-likeness (QED) is 0.742. The van der Waals surface area contributed by atoms with Gasteiger partial charge in [-0.05, 0) is 54.1 Å². The smallest absolute Gasteiger partial charge is 0.105 e. The van der Waals surface area contributed by atoms with Crippen LogP contribution >= 0.6 is 0 Å². The van der Waals surface area contributed by atoms with Crippen LogP contribution in [0.15, 0.2) is 0 Å². The number of nitriles is 1. The number of hydrogen-bond donors (Lipinski definition) is 1. The summed E-state index contributed by atoms with van der Waals surface area (Å²) in [5, 5.41) is 12.6. The third-order valence-electron chi connectivity index (χ3n) is 4.00. The summed E-state index contributed by atoms with van der Waals surface area (Å²) >= 11 is 0. The van der Waals surface area contributed by atoms with Crippen LogP contribution in [0.4, 0.5) is 0 Å². The van der Waals surface area contributed by atoms with Crippen LogP contribution in [-0.4, -0.2) is 35.6 Å². The summed E-state index contributed by atoms with van der Waals surface area (Å²) < 4.78 is 0. The molecule has 0 aromatic rings. The molecule has 0 heterocycles. The number of hydrogen-bond acceptors (Lipinski definition) is 3. The average molecular weight is 239 g/mol. The fraction of sp³-hybridized carbons (Fsp3) is 0.929. The SMILES string of the molecule is CCNC(C)(C#N)CC(C)N(C)C(C)(C)CC. The topological polar surface area (TPSA) is 39.1 Å². The lowest BCUT2D eigenvalue weighted by Crippen LogP contribution is -2.51. The molecule has 17 heavy (non-hydrogen) atoms. The Labute approximate surface area is 107 Å². The minimum Gasteiger partial charge on any atom is -0.300 e. The van der Waals surface area contributed by atoms with Crippen LogP contribution in [0.25, 0.3) is 0 Å². The van der Waals surface area contributed by atoms with E-state index in [1.807, 2.05) is 13.8 Å². The van der Waals surface area contributed by atoms with E-state index in [2.05, 4.69) is 51.0 Å². The Hall–Kier alpha value is -0.590. The first-order valence-corrected chi connectivity index (χ1v) is 6.61. The standard InChI is InChI=1S/C14H29N3/c1-8-13(4,5)17(7)12(3)10-14(6,11-15)16-9-2/h12,16H,8-10H2,1-7H3. The molecule has 0 bridgehead atoms. The first-order valence-electron chi connectivity index (χ1n) is 6.61. The molecular weight excluding hydrogens is 210 g/mol. The minimum atomic E-state index is -0.424. The van der Waals surface area contributed by atoms with Crippen molar-refractivity contribution in [3.05, 3.63) is 0 Å². The summed E-state index contributed by atoms with van der Waals surface area (Å²) in [4.78, 5) is 2.37. The largest absolute Gasteiger partial charge is 0.300 e. The van der Waals surface area contributed by atoms with Gasteiger partial charge in [0.15, 0.2) is 0 Å². The van der Waals surface area contributed by atoms with Gasteiger partial charge in [-0.25, -0.2) is 0 Å². The summed E-state index contributed by atoms with van der Waals surface area (Å²) in [5.74, 6) is 0. The third kappa shape index (κ3) is 4.65. The van der Waals surface area contributed by atoms with Crippen molar-refractivity contribution in [3.8, 4) is 6.07 Å². The van der Waals surface area contributed by atoms with Gasteiger partial charge >= 0.3 is 0 Å². The molecule has 0 spiro atoms. The monoisotopic (exact) mass is 239 g/mol. The van der Waals surface area contributed by atoms with Crippen LogP contribution < -0.4 is 5.32 Å². The molecule has 2 unspecified atom stereocenters. The Balaban J connectivity index is 4.63. The third-order valence-corrected chi connectivity index (χ3v) is 4.00. The molecule has 0 saturated heterocycles. The van der Waals surface area contributed by atoms with E-state index < -0.39 is 5.54 Å². The molecule has 3 heteroatoms. The molecule has 0 aliphatic carbocycles. The van der Waals surface area contributed by atoms with Crippen LogP contribution in [0.1, 0.15) is 54.4 Å². The predicted molar refractivity (Wildman–Crippen MR) is 73.9 cm³/mol. The second-order valence-electron chi connectivity index (χ2n) is 5.80. The molecule has 100 valence electrons. The van der Waals surface area contributed by atoms with Gasteiger partial charge in [0.2, 0.25) is 0 Å². The highest BCUT2D eigenvalue weighted by molar-refractivity contribution is 5.05. The van der Waals surface area contributed by atoms with Gasteiger partial charge in [-0.3, -0.25) is 10.2 Å². The lowest BCUT2D eigenvalue weighted by Gasteiger charge is -2.41. The maximum Gasteiger partial charge on any atom is 0.105 e. The number of rotatable bonds is 7. The molecule has 3 nitrogen and oxygen atoms in total. The van der Waals surface area contributed by atoms with Crippen molar-refractivity contribution in [3.63, 3.8) is 0 Å². The first kappa shape index (κ1) is 16.4. The molecule has 0 aliphatic rings.